The molecule has 1 fully saturated rings. The SMILES string of the molecule is COc1cc(OC)cc(C(=O)N2CCN(C(=O)c3cc(-c4cccs4)[nH]n3)CC2)c1. The number of benzene rings is 1. The van der Waals surface area contributed by atoms with Gasteiger partial charge in [0.15, 0.2) is 5.69 Å². The van der Waals surface area contributed by atoms with Gasteiger partial charge in [-0.3, -0.25) is 14.7 Å². The van der Waals surface area contributed by atoms with Crippen LogP contribution in [0.1, 0.15) is 20.8 Å². The summed E-state index contributed by atoms with van der Waals surface area (Å²) in [5, 5.41) is 9.07. The molecule has 1 aliphatic heterocycles. The number of methoxy groups -OCH3 is 2. The zero-order valence-electron chi connectivity index (χ0n) is 16.8. The number of carbonyl (C=O) groups excluding carboxylic acids is 2. The molecule has 0 spiro atoms. The Bertz CT molecular complexity index is 1020. The smallest absolute Gasteiger partial charge is 0.274 e. The van der Waals surface area contributed by atoms with Crippen molar-refractivity contribution < 1.29 is 19.1 Å². The number of H-pyrrole nitrogens is 1. The monoisotopic (exact) mass is 426 g/mol. The number of nitrogens with zero attached hydrogens (tertiary/aromatic N) is 3. The second-order valence-electron chi connectivity index (χ2n) is 6.83. The molecule has 1 N–H and O–H groups in total. The van der Waals surface area contributed by atoms with E-state index < -0.39 is 0 Å². The van der Waals surface area contributed by atoms with Crippen molar-refractivity contribution in [1.29, 1.82) is 0 Å². The fourth-order valence-corrected chi connectivity index (χ4v) is 4.07. The summed E-state index contributed by atoms with van der Waals surface area (Å²) in [6, 6.07) is 10.8. The Labute approximate surface area is 178 Å². The number of ether oxygens (including phenoxy) is 2. The minimum Gasteiger partial charge on any atom is -0.497 e. The molecule has 0 radical (unpaired) electrons. The van der Waals surface area contributed by atoms with Gasteiger partial charge < -0.3 is 19.3 Å². The summed E-state index contributed by atoms with van der Waals surface area (Å²) < 4.78 is 10.5. The van der Waals surface area contributed by atoms with Crippen LogP contribution in [0.5, 0.6) is 11.5 Å². The van der Waals surface area contributed by atoms with Gasteiger partial charge in [-0.05, 0) is 29.6 Å². The van der Waals surface area contributed by atoms with Crippen LogP contribution in [-0.4, -0.2) is 72.2 Å². The average molecular weight is 426 g/mol. The van der Waals surface area contributed by atoms with Gasteiger partial charge in [-0.15, -0.1) is 11.3 Å². The number of carbonyl (C=O) groups is 2. The molecular formula is C21H22N4O4S. The largest absolute Gasteiger partial charge is 0.497 e. The lowest BCUT2D eigenvalue weighted by Gasteiger charge is -2.34. The second-order valence-corrected chi connectivity index (χ2v) is 7.78. The number of thiophene rings is 1. The quantitative estimate of drug-likeness (QED) is 0.678. The summed E-state index contributed by atoms with van der Waals surface area (Å²) in [5.41, 5.74) is 1.71. The summed E-state index contributed by atoms with van der Waals surface area (Å²) in [5.74, 6) is 0.876. The van der Waals surface area contributed by atoms with Crippen molar-refractivity contribution in [2.24, 2.45) is 0 Å². The number of aromatic amines is 1. The molecule has 2 amide bonds. The van der Waals surface area contributed by atoms with E-state index >= 15 is 0 Å². The molecule has 1 aromatic carbocycles. The summed E-state index contributed by atoms with van der Waals surface area (Å²) in [4.78, 5) is 30.2. The molecule has 0 aliphatic carbocycles. The van der Waals surface area contributed by atoms with Crippen LogP contribution in [0.4, 0.5) is 0 Å². The number of amides is 2. The summed E-state index contributed by atoms with van der Waals surface area (Å²) >= 11 is 1.59. The van der Waals surface area contributed by atoms with Gasteiger partial charge in [0.2, 0.25) is 0 Å². The molecule has 30 heavy (non-hydrogen) atoms. The topological polar surface area (TPSA) is 87.8 Å². The van der Waals surface area contributed by atoms with E-state index in [4.69, 9.17) is 9.47 Å². The van der Waals surface area contributed by atoms with Gasteiger partial charge in [-0.25, -0.2) is 0 Å². The number of nitrogens with one attached hydrogen (secondary N) is 1. The third kappa shape index (κ3) is 4.02. The number of rotatable bonds is 5. The molecule has 3 heterocycles. The van der Waals surface area contributed by atoms with Crippen LogP contribution in [-0.2, 0) is 0 Å². The highest BCUT2D eigenvalue weighted by Gasteiger charge is 2.27. The van der Waals surface area contributed by atoms with E-state index in [2.05, 4.69) is 10.2 Å². The molecule has 0 bridgehead atoms. The van der Waals surface area contributed by atoms with Crippen LogP contribution in [0.3, 0.4) is 0 Å². The third-order valence-corrected chi connectivity index (χ3v) is 5.94. The van der Waals surface area contributed by atoms with Crippen molar-refractivity contribution in [2.45, 2.75) is 0 Å². The molecule has 156 valence electrons. The van der Waals surface area contributed by atoms with E-state index in [1.807, 2.05) is 17.5 Å². The normalized spacial score (nSPS) is 13.9. The van der Waals surface area contributed by atoms with Gasteiger partial charge in [0.1, 0.15) is 11.5 Å². The van der Waals surface area contributed by atoms with Crippen LogP contribution in [0.15, 0.2) is 41.8 Å². The van der Waals surface area contributed by atoms with Crippen LogP contribution < -0.4 is 9.47 Å². The van der Waals surface area contributed by atoms with E-state index in [0.717, 1.165) is 10.6 Å². The summed E-state index contributed by atoms with van der Waals surface area (Å²) in [7, 11) is 3.10. The number of aromatic nitrogens is 2. The first-order valence-corrected chi connectivity index (χ1v) is 10.4. The standard InChI is InChI=1S/C21H22N4O4S/c1-28-15-10-14(11-16(12-15)29-2)20(26)24-5-7-25(8-6-24)21(27)18-13-17(22-23-18)19-4-3-9-30-19/h3-4,9-13H,5-8H2,1-2H3,(H,22,23). The van der Waals surface area contributed by atoms with Gasteiger partial charge in [-0.2, -0.15) is 5.10 Å². The van der Waals surface area contributed by atoms with E-state index in [9.17, 15) is 9.59 Å². The first kappa shape index (κ1) is 20.0. The maximum atomic E-state index is 12.9. The zero-order valence-corrected chi connectivity index (χ0v) is 17.6. The van der Waals surface area contributed by atoms with Gasteiger partial charge in [0.05, 0.1) is 24.8 Å². The van der Waals surface area contributed by atoms with Gasteiger partial charge in [0.25, 0.3) is 11.8 Å². The molecule has 0 unspecified atom stereocenters. The Balaban J connectivity index is 1.40. The van der Waals surface area contributed by atoms with E-state index in [-0.39, 0.29) is 11.8 Å². The molecule has 0 atom stereocenters. The predicted molar refractivity (Wildman–Crippen MR) is 113 cm³/mol. The van der Waals surface area contributed by atoms with Crippen LogP contribution in [0.25, 0.3) is 10.6 Å². The minimum absolute atomic E-state index is 0.112. The van der Waals surface area contributed by atoms with Crippen molar-refractivity contribution in [3.8, 4) is 22.1 Å². The van der Waals surface area contributed by atoms with Crippen LogP contribution in [0.2, 0.25) is 0 Å². The number of hydrogen-bond donors (Lipinski definition) is 1. The first-order valence-electron chi connectivity index (χ1n) is 9.50. The number of hydrogen-bond acceptors (Lipinski definition) is 6. The molecule has 1 saturated heterocycles. The first-order chi connectivity index (χ1) is 14.6. The fraction of sp³-hybridized carbons (Fsp3) is 0.286. The Morgan fingerprint density at radius 3 is 2.17 bits per heavy atom. The molecule has 2 aromatic heterocycles. The molecule has 8 nitrogen and oxygen atoms in total. The molecule has 9 heteroatoms. The van der Waals surface area contributed by atoms with Gasteiger partial charge in [0, 0.05) is 37.8 Å². The fourth-order valence-electron chi connectivity index (χ4n) is 3.38. The van der Waals surface area contributed by atoms with Crippen LogP contribution in [0, 0.1) is 0 Å². The highest BCUT2D eigenvalue weighted by atomic mass is 32.1. The maximum absolute atomic E-state index is 12.9. The molecule has 1 aliphatic rings. The molecule has 4 rings (SSSR count). The second kappa shape index (κ2) is 8.58. The Kier molecular flexibility index (Phi) is 5.71. The van der Waals surface area contributed by atoms with Gasteiger partial charge in [-0.1, -0.05) is 6.07 Å². The maximum Gasteiger partial charge on any atom is 0.274 e. The van der Waals surface area contributed by atoms with Crippen molar-refractivity contribution in [1.82, 2.24) is 20.0 Å². The Hall–Kier alpha value is -3.33. The molecule has 3 aromatic rings. The third-order valence-electron chi connectivity index (χ3n) is 5.04. The Morgan fingerprint density at radius 1 is 0.967 bits per heavy atom. The zero-order chi connectivity index (χ0) is 21.1. The van der Waals surface area contributed by atoms with Crippen molar-refractivity contribution >= 4 is 23.2 Å². The minimum atomic E-state index is -0.135. The van der Waals surface area contributed by atoms with E-state index in [0.29, 0.717) is 48.9 Å². The number of piperazine rings is 1. The van der Waals surface area contributed by atoms with Crippen molar-refractivity contribution in [3.05, 3.63) is 53.0 Å². The summed E-state index contributed by atoms with van der Waals surface area (Å²) in [6.07, 6.45) is 0. The summed E-state index contributed by atoms with van der Waals surface area (Å²) in [6.45, 7) is 1.80. The lowest BCUT2D eigenvalue weighted by Crippen LogP contribution is -2.50. The van der Waals surface area contributed by atoms with E-state index in [1.165, 1.54) is 0 Å². The lowest BCUT2D eigenvalue weighted by molar-refractivity contribution is 0.0532. The van der Waals surface area contributed by atoms with Crippen molar-refractivity contribution in [3.63, 3.8) is 0 Å². The highest BCUT2D eigenvalue weighted by molar-refractivity contribution is 7.13. The van der Waals surface area contributed by atoms with E-state index in [1.54, 1.807) is 59.6 Å². The average Bonchev–Trinajstić information content (AvgIpc) is 3.50. The molecular weight excluding hydrogens is 404 g/mol. The lowest BCUT2D eigenvalue weighted by atomic mass is 10.1. The van der Waals surface area contributed by atoms with Gasteiger partial charge >= 0.3 is 0 Å². The van der Waals surface area contributed by atoms with Crippen molar-refractivity contribution in [2.75, 3.05) is 40.4 Å². The van der Waals surface area contributed by atoms with Crippen LogP contribution >= 0.6 is 11.3 Å². The highest BCUT2D eigenvalue weighted by Crippen LogP contribution is 2.25. The Morgan fingerprint density at radius 2 is 1.60 bits per heavy atom. The predicted octanol–water partition coefficient (Wildman–Crippen LogP) is 2.75. The molecule has 0 saturated carbocycles.